The highest BCUT2D eigenvalue weighted by Gasteiger charge is 2.17. The van der Waals surface area contributed by atoms with E-state index in [-0.39, 0.29) is 0 Å². The van der Waals surface area contributed by atoms with Crippen LogP contribution in [0.25, 0.3) is 0 Å². The third-order valence-corrected chi connectivity index (χ3v) is 1.97. The highest BCUT2D eigenvalue weighted by atomic mass is 14.4. The first-order valence-electron chi connectivity index (χ1n) is 3.58. The second-order valence-electron chi connectivity index (χ2n) is 2.89. The topological polar surface area (TPSA) is 47.7 Å². The lowest BCUT2D eigenvalue weighted by Crippen LogP contribution is -2.22. The molecule has 2 nitrogen and oxygen atoms in total. The van der Waals surface area contributed by atoms with Gasteiger partial charge in [0.15, 0.2) is 22.8 Å². The minimum absolute atomic E-state index is 0.501. The van der Waals surface area contributed by atoms with Crippen molar-refractivity contribution in [1.29, 1.82) is 10.8 Å². The Morgan fingerprint density at radius 3 is 2.36 bits per heavy atom. The third-order valence-electron chi connectivity index (χ3n) is 1.97. The summed E-state index contributed by atoms with van der Waals surface area (Å²) in [6, 6.07) is 1.89. The molecule has 0 radical (unpaired) electrons. The van der Waals surface area contributed by atoms with Crippen molar-refractivity contribution >= 4 is 0 Å². The molecule has 0 bridgehead atoms. The first-order valence-corrected chi connectivity index (χ1v) is 3.58. The van der Waals surface area contributed by atoms with Gasteiger partial charge in [-0.25, -0.2) is 10.8 Å². The van der Waals surface area contributed by atoms with E-state index in [1.54, 1.807) is 0 Å². The zero-order valence-electron chi connectivity index (χ0n) is 7.08. The standard InChI is InChI=1S/C9H12N2/c1-5-4-6(2)9(11)7(3)8(5)10/h4,10-11H,1-3H3/q+2. The van der Waals surface area contributed by atoms with Crippen LogP contribution >= 0.6 is 0 Å². The molecule has 0 saturated heterocycles. The first kappa shape index (κ1) is 7.92. The third kappa shape index (κ3) is 1.16. The summed E-state index contributed by atoms with van der Waals surface area (Å²) in [6.07, 6.45) is 0. The summed E-state index contributed by atoms with van der Waals surface area (Å²) in [4.78, 5) is 0. The van der Waals surface area contributed by atoms with Crippen LogP contribution in [-0.2, 0) is 0 Å². The predicted molar refractivity (Wildman–Crippen MR) is 43.5 cm³/mol. The molecule has 2 N–H and O–H groups in total. The number of rotatable bonds is 0. The molecule has 56 valence electrons. The molecule has 1 aromatic rings. The van der Waals surface area contributed by atoms with E-state index in [1.165, 1.54) is 0 Å². The van der Waals surface area contributed by atoms with E-state index in [2.05, 4.69) is 0 Å². The Labute approximate surface area is 65.9 Å². The number of aryl methyl sites for hydroxylation is 2. The van der Waals surface area contributed by atoms with Crippen LogP contribution < -0.4 is 10.7 Å². The second kappa shape index (κ2) is 2.46. The molecule has 0 amide bonds. The molecule has 0 aliphatic heterocycles. The Kier molecular flexibility index (Phi) is 1.77. The van der Waals surface area contributed by atoms with Crippen LogP contribution in [-0.4, -0.2) is 0 Å². The minimum Gasteiger partial charge on any atom is -0.248 e. The Bertz CT molecular complexity index is 345. The summed E-state index contributed by atoms with van der Waals surface area (Å²) in [6.45, 7) is 5.63. The average Bonchev–Trinajstić information content (AvgIpc) is 1.97. The van der Waals surface area contributed by atoms with Crippen LogP contribution in [0.15, 0.2) is 6.07 Å². The lowest BCUT2D eigenvalue weighted by molar-refractivity contribution is 1.06. The molecule has 0 fully saturated rings. The Morgan fingerprint density at radius 1 is 1.27 bits per heavy atom. The molecular formula is C9H12N2+2. The SMILES string of the molecule is Cc1c[c+](C)c(=N)[c+](C)c1=N. The van der Waals surface area contributed by atoms with Crippen molar-refractivity contribution < 1.29 is 0 Å². The van der Waals surface area contributed by atoms with Gasteiger partial charge < -0.3 is 0 Å². The normalized spacial score (nSPS) is 10.1. The fraction of sp³-hybridized carbons (Fsp3) is 0.333. The van der Waals surface area contributed by atoms with Crippen molar-refractivity contribution in [3.63, 3.8) is 0 Å². The van der Waals surface area contributed by atoms with E-state index in [9.17, 15) is 0 Å². The van der Waals surface area contributed by atoms with E-state index in [0.29, 0.717) is 10.7 Å². The lowest BCUT2D eigenvalue weighted by Gasteiger charge is -1.81. The Balaban J connectivity index is 3.74. The summed E-state index contributed by atoms with van der Waals surface area (Å²) in [5.41, 5.74) is 2.69. The van der Waals surface area contributed by atoms with Gasteiger partial charge in [0.05, 0.1) is 20.8 Å². The molecule has 0 atom stereocenters. The summed E-state index contributed by atoms with van der Waals surface area (Å²) in [7, 11) is 0. The van der Waals surface area contributed by atoms with E-state index in [4.69, 9.17) is 10.8 Å². The van der Waals surface area contributed by atoms with Crippen LogP contribution in [0.1, 0.15) is 16.7 Å². The van der Waals surface area contributed by atoms with Gasteiger partial charge in [0.25, 0.3) is 10.7 Å². The van der Waals surface area contributed by atoms with Crippen LogP contribution in [0, 0.1) is 31.6 Å². The molecule has 0 aliphatic rings. The maximum Gasteiger partial charge on any atom is 0.284 e. The first-order chi connectivity index (χ1) is 5.04. The van der Waals surface area contributed by atoms with Crippen molar-refractivity contribution in [2.45, 2.75) is 20.8 Å². The quantitative estimate of drug-likeness (QED) is 0.516. The molecular weight excluding hydrogens is 136 g/mol. The number of nitrogens with one attached hydrogen (secondary N) is 2. The van der Waals surface area contributed by atoms with Crippen molar-refractivity contribution in [1.82, 2.24) is 0 Å². The summed E-state index contributed by atoms with van der Waals surface area (Å²) in [5.74, 6) is 0. The van der Waals surface area contributed by atoms with Gasteiger partial charge in [0.1, 0.15) is 0 Å². The lowest BCUT2D eigenvalue weighted by atomic mass is 10.1. The molecule has 0 spiro atoms. The van der Waals surface area contributed by atoms with Crippen LogP contribution in [0.2, 0.25) is 0 Å². The fourth-order valence-corrected chi connectivity index (χ4v) is 1.19. The van der Waals surface area contributed by atoms with E-state index >= 15 is 0 Å². The second-order valence-corrected chi connectivity index (χ2v) is 2.89. The molecule has 1 aromatic carbocycles. The zero-order chi connectivity index (χ0) is 8.59. The van der Waals surface area contributed by atoms with Gasteiger partial charge in [-0.1, -0.05) is 0 Å². The highest BCUT2D eigenvalue weighted by molar-refractivity contribution is 5.25. The highest BCUT2D eigenvalue weighted by Crippen LogP contribution is 1.92. The van der Waals surface area contributed by atoms with E-state index in [0.717, 1.165) is 16.7 Å². The van der Waals surface area contributed by atoms with Gasteiger partial charge in [0, 0.05) is 0 Å². The van der Waals surface area contributed by atoms with Gasteiger partial charge in [-0.2, -0.15) is 0 Å². The van der Waals surface area contributed by atoms with Crippen molar-refractivity contribution in [2.75, 3.05) is 0 Å². The van der Waals surface area contributed by atoms with Crippen molar-refractivity contribution in [2.24, 2.45) is 0 Å². The minimum atomic E-state index is 0.501. The molecule has 2 heteroatoms. The van der Waals surface area contributed by atoms with Crippen LogP contribution in [0.3, 0.4) is 0 Å². The van der Waals surface area contributed by atoms with Gasteiger partial charge >= 0.3 is 0 Å². The molecule has 0 heterocycles. The van der Waals surface area contributed by atoms with Crippen molar-refractivity contribution in [3.8, 4) is 0 Å². The van der Waals surface area contributed by atoms with Gasteiger partial charge in [-0.3, -0.25) is 0 Å². The number of hydrogen-bond acceptors (Lipinski definition) is 2. The summed E-state index contributed by atoms with van der Waals surface area (Å²) >= 11 is 0. The maximum absolute atomic E-state index is 7.56. The summed E-state index contributed by atoms with van der Waals surface area (Å²) < 4.78 is 0. The average molecular weight is 148 g/mol. The van der Waals surface area contributed by atoms with Gasteiger partial charge in [-0.15, -0.1) is 0 Å². The molecule has 11 heavy (non-hydrogen) atoms. The zero-order valence-corrected chi connectivity index (χ0v) is 7.08. The molecule has 1 rings (SSSR count). The molecule has 0 aromatic heterocycles. The predicted octanol–water partition coefficient (Wildman–Crippen LogP) is 1.01. The van der Waals surface area contributed by atoms with Crippen LogP contribution in [0.4, 0.5) is 0 Å². The summed E-state index contributed by atoms with van der Waals surface area (Å²) in [5, 5.41) is 16.1. The molecule has 0 unspecified atom stereocenters. The molecule has 0 saturated carbocycles. The van der Waals surface area contributed by atoms with Crippen molar-refractivity contribution in [3.05, 3.63) is 33.5 Å². The van der Waals surface area contributed by atoms with E-state index < -0.39 is 0 Å². The fourth-order valence-electron chi connectivity index (χ4n) is 1.19. The van der Waals surface area contributed by atoms with Gasteiger partial charge in [0.2, 0.25) is 0 Å². The number of benzene rings is 1. The largest absolute Gasteiger partial charge is 0.284 e. The Morgan fingerprint density at radius 2 is 1.82 bits per heavy atom. The Hall–Kier alpha value is -1.18. The van der Waals surface area contributed by atoms with Gasteiger partial charge in [-0.05, 0) is 0 Å². The smallest absolute Gasteiger partial charge is 0.248 e. The van der Waals surface area contributed by atoms with Crippen LogP contribution in [0.5, 0.6) is 0 Å². The monoisotopic (exact) mass is 148 g/mol. The maximum atomic E-state index is 7.56. The van der Waals surface area contributed by atoms with E-state index in [1.807, 2.05) is 26.8 Å². The number of hydrogen-bond donors (Lipinski definition) is 2. The molecule has 0 aliphatic carbocycles.